The molecule has 0 bridgehead atoms. The van der Waals surface area contributed by atoms with Crippen LogP contribution in [-0.2, 0) is 5.54 Å². The van der Waals surface area contributed by atoms with E-state index < -0.39 is 0 Å². The van der Waals surface area contributed by atoms with Crippen molar-refractivity contribution in [1.29, 1.82) is 0 Å². The summed E-state index contributed by atoms with van der Waals surface area (Å²) in [5.41, 5.74) is 8.13. The van der Waals surface area contributed by atoms with Crippen LogP contribution in [0.4, 0.5) is 4.39 Å². The predicted octanol–water partition coefficient (Wildman–Crippen LogP) is 4.13. The highest BCUT2D eigenvalue weighted by Crippen LogP contribution is 2.40. The summed E-state index contributed by atoms with van der Waals surface area (Å²) < 4.78 is 13.5. The molecule has 2 rings (SSSR count). The molecule has 1 fully saturated rings. The van der Waals surface area contributed by atoms with Crippen molar-refractivity contribution in [2.75, 3.05) is 0 Å². The minimum atomic E-state index is -0.321. The van der Waals surface area contributed by atoms with Gasteiger partial charge in [0.1, 0.15) is 5.82 Å². The molecular formula is C16H24FN. The largest absolute Gasteiger partial charge is 0.321 e. The maximum Gasteiger partial charge on any atom is 0.123 e. The zero-order valence-corrected chi connectivity index (χ0v) is 11.7. The van der Waals surface area contributed by atoms with Crippen LogP contribution in [0.5, 0.6) is 0 Å². The van der Waals surface area contributed by atoms with Crippen LogP contribution in [0.15, 0.2) is 18.2 Å². The lowest BCUT2D eigenvalue weighted by molar-refractivity contribution is 0.195. The number of benzene rings is 1. The molecule has 0 aromatic heterocycles. The Hall–Kier alpha value is -0.890. The van der Waals surface area contributed by atoms with Gasteiger partial charge in [0.15, 0.2) is 0 Å². The van der Waals surface area contributed by atoms with Gasteiger partial charge in [-0.15, -0.1) is 0 Å². The summed E-state index contributed by atoms with van der Waals surface area (Å²) >= 11 is 0. The number of halogens is 1. The molecule has 1 nitrogen and oxygen atoms in total. The van der Waals surface area contributed by atoms with Gasteiger partial charge >= 0.3 is 0 Å². The summed E-state index contributed by atoms with van der Waals surface area (Å²) in [6.07, 6.45) is 4.25. The van der Waals surface area contributed by atoms with E-state index in [1.165, 1.54) is 0 Å². The standard InChI is InChI=1S/C16H24FN/c1-11(2)13-4-6-16(18,7-5-13)14-8-12(3)9-15(17)10-14/h8-11,13H,4-7,18H2,1-3H3. The van der Waals surface area contributed by atoms with E-state index in [-0.39, 0.29) is 11.4 Å². The van der Waals surface area contributed by atoms with Crippen molar-refractivity contribution in [2.24, 2.45) is 17.6 Å². The van der Waals surface area contributed by atoms with E-state index in [2.05, 4.69) is 13.8 Å². The van der Waals surface area contributed by atoms with Crippen molar-refractivity contribution in [1.82, 2.24) is 0 Å². The third-order valence-corrected chi connectivity index (χ3v) is 4.48. The first-order chi connectivity index (χ1) is 8.40. The second-order valence-electron chi connectivity index (χ2n) is 6.25. The van der Waals surface area contributed by atoms with Gasteiger partial charge in [-0.1, -0.05) is 19.9 Å². The molecule has 1 aliphatic rings. The Morgan fingerprint density at radius 1 is 1.22 bits per heavy atom. The zero-order valence-electron chi connectivity index (χ0n) is 11.7. The number of aryl methyl sites for hydroxylation is 1. The first kappa shape index (κ1) is 13.5. The van der Waals surface area contributed by atoms with Crippen molar-refractivity contribution in [2.45, 2.75) is 52.0 Å². The molecule has 1 aromatic carbocycles. The number of nitrogens with two attached hydrogens (primary N) is 1. The topological polar surface area (TPSA) is 26.0 Å². The molecule has 0 aliphatic heterocycles. The van der Waals surface area contributed by atoms with Crippen LogP contribution >= 0.6 is 0 Å². The Balaban J connectivity index is 2.18. The first-order valence-corrected chi connectivity index (χ1v) is 6.97. The van der Waals surface area contributed by atoms with Crippen LogP contribution in [0.3, 0.4) is 0 Å². The molecule has 1 aromatic rings. The van der Waals surface area contributed by atoms with Gasteiger partial charge in [-0.25, -0.2) is 4.39 Å². The van der Waals surface area contributed by atoms with E-state index >= 15 is 0 Å². The molecule has 0 unspecified atom stereocenters. The summed E-state index contributed by atoms with van der Waals surface area (Å²) in [6, 6.07) is 5.22. The smallest absolute Gasteiger partial charge is 0.123 e. The van der Waals surface area contributed by atoms with Gasteiger partial charge in [0.2, 0.25) is 0 Å². The van der Waals surface area contributed by atoms with E-state index in [1.807, 2.05) is 13.0 Å². The van der Waals surface area contributed by atoms with Crippen LogP contribution in [-0.4, -0.2) is 0 Å². The second-order valence-corrected chi connectivity index (χ2v) is 6.25. The molecule has 0 radical (unpaired) electrons. The van der Waals surface area contributed by atoms with Crippen LogP contribution in [0.1, 0.15) is 50.7 Å². The molecule has 0 amide bonds. The molecule has 1 saturated carbocycles. The van der Waals surface area contributed by atoms with E-state index in [1.54, 1.807) is 12.1 Å². The van der Waals surface area contributed by atoms with E-state index in [0.717, 1.165) is 48.6 Å². The summed E-state index contributed by atoms with van der Waals surface area (Å²) in [4.78, 5) is 0. The van der Waals surface area contributed by atoms with Crippen LogP contribution < -0.4 is 5.73 Å². The van der Waals surface area contributed by atoms with Crippen molar-refractivity contribution in [3.8, 4) is 0 Å². The number of rotatable bonds is 2. The maximum absolute atomic E-state index is 13.5. The summed E-state index contributed by atoms with van der Waals surface area (Å²) in [6.45, 7) is 6.48. The first-order valence-electron chi connectivity index (χ1n) is 6.97. The minimum absolute atomic E-state index is 0.166. The molecule has 0 saturated heterocycles. The highest BCUT2D eigenvalue weighted by atomic mass is 19.1. The normalized spacial score (nSPS) is 28.7. The fourth-order valence-corrected chi connectivity index (χ4v) is 3.13. The Kier molecular flexibility index (Phi) is 3.76. The molecule has 2 heteroatoms. The molecule has 100 valence electrons. The molecule has 2 N–H and O–H groups in total. The molecule has 18 heavy (non-hydrogen) atoms. The molecule has 0 heterocycles. The van der Waals surface area contributed by atoms with Crippen LogP contribution in [0.2, 0.25) is 0 Å². The van der Waals surface area contributed by atoms with Gasteiger partial charge in [0, 0.05) is 5.54 Å². The SMILES string of the molecule is Cc1cc(F)cc(C2(N)CCC(C(C)C)CC2)c1. The van der Waals surface area contributed by atoms with Gasteiger partial charge in [-0.2, -0.15) is 0 Å². The molecule has 0 atom stereocenters. The van der Waals surface area contributed by atoms with E-state index in [4.69, 9.17) is 5.73 Å². The molecular weight excluding hydrogens is 225 g/mol. The maximum atomic E-state index is 13.5. The fraction of sp³-hybridized carbons (Fsp3) is 0.625. The van der Waals surface area contributed by atoms with E-state index in [0.29, 0.717) is 0 Å². The Labute approximate surface area is 110 Å². The van der Waals surface area contributed by atoms with Crippen molar-refractivity contribution in [3.05, 3.63) is 35.1 Å². The lowest BCUT2D eigenvalue weighted by Crippen LogP contribution is -2.41. The van der Waals surface area contributed by atoms with E-state index in [9.17, 15) is 4.39 Å². The van der Waals surface area contributed by atoms with Gasteiger partial charge in [0.25, 0.3) is 0 Å². The summed E-state index contributed by atoms with van der Waals surface area (Å²) in [5, 5.41) is 0. The highest BCUT2D eigenvalue weighted by molar-refractivity contribution is 5.30. The monoisotopic (exact) mass is 249 g/mol. The van der Waals surface area contributed by atoms with Crippen molar-refractivity contribution in [3.63, 3.8) is 0 Å². The number of hydrogen-bond donors (Lipinski definition) is 1. The van der Waals surface area contributed by atoms with Crippen LogP contribution in [0, 0.1) is 24.6 Å². The zero-order chi connectivity index (χ0) is 13.3. The third-order valence-electron chi connectivity index (χ3n) is 4.48. The molecule has 0 spiro atoms. The third kappa shape index (κ3) is 2.74. The number of hydrogen-bond acceptors (Lipinski definition) is 1. The van der Waals surface area contributed by atoms with Gasteiger partial charge in [0.05, 0.1) is 0 Å². The fourth-order valence-electron chi connectivity index (χ4n) is 3.13. The lowest BCUT2D eigenvalue weighted by atomic mass is 9.70. The predicted molar refractivity (Wildman–Crippen MR) is 73.8 cm³/mol. The highest BCUT2D eigenvalue weighted by Gasteiger charge is 2.34. The van der Waals surface area contributed by atoms with Crippen LogP contribution in [0.25, 0.3) is 0 Å². The van der Waals surface area contributed by atoms with Gasteiger partial charge in [-0.3, -0.25) is 0 Å². The summed E-state index contributed by atoms with van der Waals surface area (Å²) in [7, 11) is 0. The Bertz CT molecular complexity index is 397. The second kappa shape index (κ2) is 5.00. The van der Waals surface area contributed by atoms with Crippen molar-refractivity contribution >= 4 is 0 Å². The minimum Gasteiger partial charge on any atom is -0.321 e. The Morgan fingerprint density at radius 3 is 2.33 bits per heavy atom. The lowest BCUT2D eigenvalue weighted by Gasteiger charge is -2.39. The van der Waals surface area contributed by atoms with Crippen molar-refractivity contribution < 1.29 is 4.39 Å². The van der Waals surface area contributed by atoms with Gasteiger partial charge in [-0.05, 0) is 67.7 Å². The Morgan fingerprint density at radius 2 is 1.83 bits per heavy atom. The average molecular weight is 249 g/mol. The quantitative estimate of drug-likeness (QED) is 0.837. The summed E-state index contributed by atoms with van der Waals surface area (Å²) in [5.74, 6) is 1.33. The molecule has 1 aliphatic carbocycles. The average Bonchev–Trinajstić information content (AvgIpc) is 2.28. The van der Waals surface area contributed by atoms with Gasteiger partial charge < -0.3 is 5.73 Å².